The fourth-order valence-electron chi connectivity index (χ4n) is 2.05. The third kappa shape index (κ3) is 7.25. The van der Waals surface area contributed by atoms with Crippen molar-refractivity contribution >= 4 is 0 Å². The molecule has 0 fully saturated rings. The zero-order valence-corrected chi connectivity index (χ0v) is 15.1. The van der Waals surface area contributed by atoms with Gasteiger partial charge in [0, 0.05) is 0 Å². The molecular formula is C12H23Cl3OTi. The van der Waals surface area contributed by atoms with Gasteiger partial charge in [-0.15, -0.1) is 0 Å². The first kappa shape index (κ1) is 23.1. The van der Waals surface area contributed by atoms with Crippen molar-refractivity contribution in [3.63, 3.8) is 0 Å². The Morgan fingerprint density at radius 3 is 2.06 bits per heavy atom. The van der Waals surface area contributed by atoms with Crippen LogP contribution in [0, 0.1) is 0 Å². The fourth-order valence-corrected chi connectivity index (χ4v) is 5.84. The average Bonchev–Trinajstić information content (AvgIpc) is 2.45. The summed E-state index contributed by atoms with van der Waals surface area (Å²) in [6.45, 7) is 0.853. The van der Waals surface area contributed by atoms with Crippen LogP contribution in [0.2, 0.25) is 20.9 Å². The maximum Gasteiger partial charge on any atom is -1.00 e. The minimum Gasteiger partial charge on any atom is -1.00 e. The van der Waals surface area contributed by atoms with Gasteiger partial charge in [-0.05, 0) is 0 Å². The first-order chi connectivity index (χ1) is 6.31. The van der Waals surface area contributed by atoms with Crippen LogP contribution in [-0.2, 0) is 20.0 Å². The maximum absolute atomic E-state index is 5.15. The topological polar surface area (TPSA) is 9.23 Å². The first-order valence-corrected chi connectivity index (χ1v) is 12.5. The second kappa shape index (κ2) is 8.25. The summed E-state index contributed by atoms with van der Waals surface area (Å²) >= 11 is -2.21. The molecule has 0 heterocycles. The van der Waals surface area contributed by atoms with Crippen molar-refractivity contribution in [1.29, 1.82) is 0 Å². The monoisotopic (exact) mass is 336 g/mol. The summed E-state index contributed by atoms with van der Waals surface area (Å²) in [5, 5.41) is 9.97. The Balaban J connectivity index is -0.000000653. The maximum atomic E-state index is 5.15. The Kier molecular flexibility index (Phi) is 11.2. The molecule has 0 aromatic heterocycles. The molecule has 0 saturated carbocycles. The number of methoxy groups -OCH3 is 1. The SMILES string of the molecule is COCCC1=[C]([Ti+3]([CH3])([CH3])([CH3])[CH3])CC=C1.[Cl-].[Cl-].[Cl-]. The van der Waals surface area contributed by atoms with Gasteiger partial charge < -0.3 is 37.2 Å². The van der Waals surface area contributed by atoms with Crippen LogP contribution in [0.1, 0.15) is 12.8 Å². The van der Waals surface area contributed by atoms with E-state index in [-0.39, 0.29) is 37.2 Å². The van der Waals surface area contributed by atoms with E-state index in [1.807, 2.05) is 0 Å². The van der Waals surface area contributed by atoms with Gasteiger partial charge in [0.25, 0.3) is 0 Å². The second-order valence-corrected chi connectivity index (χ2v) is 19.8. The number of hydrogen-bond acceptors (Lipinski definition) is 1. The van der Waals surface area contributed by atoms with Crippen LogP contribution in [-0.4, -0.2) is 13.7 Å². The molecule has 102 valence electrons. The van der Waals surface area contributed by atoms with Crippen LogP contribution >= 0.6 is 0 Å². The normalized spacial score (nSPS) is 13.5. The van der Waals surface area contributed by atoms with Crippen molar-refractivity contribution in [3.05, 3.63) is 21.6 Å². The predicted octanol–water partition coefficient (Wildman–Crippen LogP) is -4.87. The summed E-state index contributed by atoms with van der Waals surface area (Å²) in [5.41, 5.74) is 1.55. The van der Waals surface area contributed by atoms with Crippen molar-refractivity contribution in [2.45, 2.75) is 33.8 Å². The van der Waals surface area contributed by atoms with Gasteiger partial charge in [0.15, 0.2) is 0 Å². The zero-order chi connectivity index (χ0) is 10.8. The Hall–Kier alpha value is 1.02. The van der Waals surface area contributed by atoms with Gasteiger partial charge in [0.05, 0.1) is 0 Å². The Morgan fingerprint density at radius 1 is 1.12 bits per heavy atom. The van der Waals surface area contributed by atoms with Gasteiger partial charge in [-0.2, -0.15) is 0 Å². The van der Waals surface area contributed by atoms with E-state index in [0.29, 0.717) is 0 Å². The van der Waals surface area contributed by atoms with Crippen LogP contribution in [0.25, 0.3) is 0 Å². The Labute approximate surface area is 126 Å². The van der Waals surface area contributed by atoms with Gasteiger partial charge in [0.2, 0.25) is 0 Å². The number of hydrogen-bond donors (Lipinski definition) is 0. The molecule has 5 heteroatoms. The predicted molar refractivity (Wildman–Crippen MR) is 60.7 cm³/mol. The molecule has 0 atom stereocenters. The third-order valence-corrected chi connectivity index (χ3v) is 7.40. The van der Waals surface area contributed by atoms with Gasteiger partial charge in [-0.25, -0.2) is 0 Å². The molecule has 0 aromatic rings. The quantitative estimate of drug-likeness (QED) is 0.468. The average molecular weight is 338 g/mol. The van der Waals surface area contributed by atoms with E-state index < -0.39 is 15.3 Å². The minimum atomic E-state index is -2.21. The smallest absolute Gasteiger partial charge is 1.00 e. The van der Waals surface area contributed by atoms with E-state index in [2.05, 4.69) is 33.1 Å². The third-order valence-electron chi connectivity index (χ3n) is 2.81. The summed E-state index contributed by atoms with van der Waals surface area (Å²) in [6.07, 6.45) is 6.89. The number of halogens is 3. The van der Waals surface area contributed by atoms with Gasteiger partial charge in [0.1, 0.15) is 0 Å². The number of ether oxygens (including phenoxy) is 1. The van der Waals surface area contributed by atoms with Crippen molar-refractivity contribution in [1.82, 2.24) is 0 Å². The molecule has 0 radical (unpaired) electrons. The molecule has 0 aromatic carbocycles. The van der Waals surface area contributed by atoms with E-state index >= 15 is 0 Å². The van der Waals surface area contributed by atoms with Crippen LogP contribution < -0.4 is 37.2 Å². The molecular weight excluding hydrogens is 314 g/mol. The van der Waals surface area contributed by atoms with E-state index in [4.69, 9.17) is 4.74 Å². The molecule has 17 heavy (non-hydrogen) atoms. The fraction of sp³-hybridized carbons (Fsp3) is 0.667. The molecule has 0 bridgehead atoms. The summed E-state index contributed by atoms with van der Waals surface area (Å²) in [6, 6.07) is 0. The first-order valence-electron chi connectivity index (χ1n) is 5.43. The largest absolute Gasteiger partial charge is 1.00 e. The molecule has 1 rings (SSSR count). The van der Waals surface area contributed by atoms with Crippen LogP contribution in [0.4, 0.5) is 0 Å². The molecule has 1 aliphatic carbocycles. The molecule has 0 amide bonds. The minimum absolute atomic E-state index is 0. The summed E-state index contributed by atoms with van der Waals surface area (Å²) in [5.74, 6) is 0. The Morgan fingerprint density at radius 2 is 1.65 bits per heavy atom. The van der Waals surface area contributed by atoms with E-state index in [1.165, 1.54) is 6.42 Å². The van der Waals surface area contributed by atoms with E-state index in [1.54, 1.807) is 16.6 Å². The molecule has 0 spiro atoms. The molecule has 0 N–H and O–H groups in total. The van der Waals surface area contributed by atoms with E-state index in [0.717, 1.165) is 13.0 Å². The molecule has 0 saturated heterocycles. The molecule has 0 unspecified atom stereocenters. The van der Waals surface area contributed by atoms with Crippen LogP contribution in [0.5, 0.6) is 0 Å². The van der Waals surface area contributed by atoms with Gasteiger partial charge >= 0.3 is 89.1 Å². The molecule has 1 aliphatic rings. The van der Waals surface area contributed by atoms with Crippen molar-refractivity contribution in [2.24, 2.45) is 0 Å². The summed E-state index contributed by atoms with van der Waals surface area (Å²) in [4.78, 5) is 0. The number of allylic oxidation sites excluding steroid dienone is 3. The molecule has 1 nitrogen and oxygen atoms in total. The second-order valence-electron chi connectivity index (χ2n) is 6.35. The van der Waals surface area contributed by atoms with E-state index in [9.17, 15) is 0 Å². The van der Waals surface area contributed by atoms with Crippen LogP contribution in [0.15, 0.2) is 21.6 Å². The van der Waals surface area contributed by atoms with Gasteiger partial charge in [-0.1, -0.05) is 0 Å². The number of rotatable bonds is 4. The zero-order valence-electron chi connectivity index (χ0n) is 11.3. The Bertz CT molecular complexity index is 281. The standard InChI is InChI=1S/C8H11O.4CH3.3ClH.Ti/c1-9-7-6-8-4-2-3-5-8;;;;;;;;/h2,4H,3,6-7H2,1H3;4*1H3;3*1H;/q;;;;;;;;+3/p-3. The van der Waals surface area contributed by atoms with Crippen molar-refractivity contribution < 1.29 is 57.3 Å². The summed E-state index contributed by atoms with van der Waals surface area (Å²) in [7, 11) is 1.78. The summed E-state index contributed by atoms with van der Waals surface area (Å²) < 4.78 is 6.90. The van der Waals surface area contributed by atoms with Crippen LogP contribution in [0.3, 0.4) is 0 Å². The molecule has 0 aliphatic heterocycles. The van der Waals surface area contributed by atoms with Crippen molar-refractivity contribution in [3.8, 4) is 0 Å². The van der Waals surface area contributed by atoms with Gasteiger partial charge in [-0.3, -0.25) is 0 Å². The van der Waals surface area contributed by atoms with Crippen molar-refractivity contribution in [2.75, 3.05) is 13.7 Å².